The molecule has 1 aliphatic rings. The van der Waals surface area contributed by atoms with Crippen LogP contribution in [0.15, 0.2) is 0 Å². The van der Waals surface area contributed by atoms with Gasteiger partial charge < -0.3 is 15.1 Å². The number of hydrogen-bond donors (Lipinski definition) is 1. The van der Waals surface area contributed by atoms with Gasteiger partial charge in [0.05, 0.1) is 0 Å². The topological polar surface area (TPSA) is 52.7 Å². The normalized spacial score (nSPS) is 18.1. The molecule has 8 heteroatoms. The van der Waals surface area contributed by atoms with Crippen molar-refractivity contribution in [2.24, 2.45) is 5.41 Å². The van der Waals surface area contributed by atoms with E-state index in [4.69, 9.17) is 0 Å². The standard InChI is InChI=1S/C14H24F3N3O2/c1-10(21)19-5-7-20(8-6-19)12(22)18-11(14(15,16)17)9-13(2,3)4/h11H,5-9H2,1-4H3,(H,18,22). The first-order chi connectivity index (χ1) is 9.90. The van der Waals surface area contributed by atoms with Gasteiger partial charge in [-0.15, -0.1) is 0 Å². The van der Waals surface area contributed by atoms with Crippen LogP contribution in [0, 0.1) is 5.41 Å². The Morgan fingerprint density at radius 1 is 1.05 bits per heavy atom. The fourth-order valence-electron chi connectivity index (χ4n) is 2.33. The molecule has 128 valence electrons. The quantitative estimate of drug-likeness (QED) is 0.847. The molecule has 1 fully saturated rings. The summed E-state index contributed by atoms with van der Waals surface area (Å²) in [6.45, 7) is 7.70. The minimum absolute atomic E-state index is 0.0963. The Balaban J connectivity index is 2.63. The van der Waals surface area contributed by atoms with E-state index >= 15 is 0 Å². The van der Waals surface area contributed by atoms with E-state index in [1.165, 1.54) is 11.8 Å². The molecule has 1 atom stereocenters. The zero-order chi connectivity index (χ0) is 17.1. The van der Waals surface area contributed by atoms with Gasteiger partial charge in [-0.3, -0.25) is 4.79 Å². The molecule has 1 heterocycles. The van der Waals surface area contributed by atoms with Gasteiger partial charge >= 0.3 is 12.2 Å². The lowest BCUT2D eigenvalue weighted by Gasteiger charge is -2.36. The van der Waals surface area contributed by atoms with E-state index in [0.717, 1.165) is 0 Å². The highest BCUT2D eigenvalue weighted by molar-refractivity contribution is 5.76. The molecule has 22 heavy (non-hydrogen) atoms. The molecule has 3 amide bonds. The third-order valence-corrected chi connectivity index (χ3v) is 3.52. The fourth-order valence-corrected chi connectivity index (χ4v) is 2.33. The van der Waals surface area contributed by atoms with Crippen LogP contribution >= 0.6 is 0 Å². The molecule has 0 bridgehead atoms. The molecule has 1 saturated heterocycles. The van der Waals surface area contributed by atoms with E-state index in [1.54, 1.807) is 25.7 Å². The molecular formula is C14H24F3N3O2. The predicted octanol–water partition coefficient (Wildman–Crippen LogP) is 2.23. The maximum Gasteiger partial charge on any atom is 0.408 e. The van der Waals surface area contributed by atoms with Crippen molar-refractivity contribution in [3.63, 3.8) is 0 Å². The Morgan fingerprint density at radius 3 is 1.86 bits per heavy atom. The number of rotatable bonds is 2. The number of alkyl halides is 3. The SMILES string of the molecule is CC(=O)N1CCN(C(=O)NC(CC(C)(C)C)C(F)(F)F)CC1. The van der Waals surface area contributed by atoms with Crippen LogP contribution in [0.25, 0.3) is 0 Å². The third-order valence-electron chi connectivity index (χ3n) is 3.52. The maximum atomic E-state index is 13.1. The van der Waals surface area contributed by atoms with Crippen LogP contribution in [0.5, 0.6) is 0 Å². The molecule has 0 saturated carbocycles. The monoisotopic (exact) mass is 323 g/mol. The Kier molecular flexibility index (Phi) is 5.70. The van der Waals surface area contributed by atoms with Gasteiger partial charge in [0.2, 0.25) is 5.91 Å². The Hall–Kier alpha value is -1.47. The summed E-state index contributed by atoms with van der Waals surface area (Å²) in [5, 5.41) is 2.09. The van der Waals surface area contributed by atoms with E-state index in [2.05, 4.69) is 5.32 Å². The number of urea groups is 1. The molecule has 0 radical (unpaired) electrons. The molecule has 0 aromatic heterocycles. The highest BCUT2D eigenvalue weighted by atomic mass is 19.4. The highest BCUT2D eigenvalue weighted by Crippen LogP contribution is 2.30. The average Bonchev–Trinajstić information content (AvgIpc) is 2.35. The molecule has 0 spiro atoms. The van der Waals surface area contributed by atoms with Gasteiger partial charge in [0.1, 0.15) is 6.04 Å². The molecule has 0 aliphatic carbocycles. The van der Waals surface area contributed by atoms with Crippen LogP contribution in [-0.4, -0.2) is 60.1 Å². The van der Waals surface area contributed by atoms with Crippen molar-refractivity contribution < 1.29 is 22.8 Å². The summed E-state index contributed by atoms with van der Waals surface area (Å²) in [6, 6.07) is -2.60. The summed E-state index contributed by atoms with van der Waals surface area (Å²) in [5.41, 5.74) is -0.555. The first-order valence-corrected chi connectivity index (χ1v) is 7.28. The van der Waals surface area contributed by atoms with E-state index in [0.29, 0.717) is 13.1 Å². The van der Waals surface area contributed by atoms with Crippen molar-refractivity contribution >= 4 is 11.9 Å². The van der Waals surface area contributed by atoms with Gasteiger partial charge in [-0.25, -0.2) is 4.79 Å². The summed E-state index contributed by atoms with van der Waals surface area (Å²) in [6.07, 6.45) is -4.67. The fraction of sp³-hybridized carbons (Fsp3) is 0.857. The molecular weight excluding hydrogens is 299 g/mol. The number of nitrogens with zero attached hydrogens (tertiary/aromatic N) is 2. The van der Waals surface area contributed by atoms with Crippen LogP contribution in [-0.2, 0) is 4.79 Å². The number of piperazine rings is 1. The zero-order valence-electron chi connectivity index (χ0n) is 13.5. The largest absolute Gasteiger partial charge is 0.408 e. The Labute approximate surface area is 128 Å². The van der Waals surface area contributed by atoms with Crippen LogP contribution in [0.2, 0.25) is 0 Å². The highest BCUT2D eigenvalue weighted by Gasteiger charge is 2.43. The lowest BCUT2D eigenvalue weighted by Crippen LogP contribution is -2.56. The number of amides is 3. The summed E-state index contributed by atoms with van der Waals surface area (Å²) < 4.78 is 39.2. The average molecular weight is 323 g/mol. The zero-order valence-corrected chi connectivity index (χ0v) is 13.5. The van der Waals surface area contributed by atoms with Gasteiger partial charge in [-0.1, -0.05) is 20.8 Å². The van der Waals surface area contributed by atoms with Crippen LogP contribution in [0.4, 0.5) is 18.0 Å². The van der Waals surface area contributed by atoms with Crippen molar-refractivity contribution in [3.8, 4) is 0 Å². The Bertz CT molecular complexity index is 411. The van der Waals surface area contributed by atoms with Crippen molar-refractivity contribution in [2.45, 2.75) is 46.3 Å². The van der Waals surface area contributed by atoms with Gasteiger partial charge in [0.15, 0.2) is 0 Å². The Morgan fingerprint density at radius 2 is 1.50 bits per heavy atom. The molecule has 0 aromatic carbocycles. The van der Waals surface area contributed by atoms with Crippen LogP contribution in [0.3, 0.4) is 0 Å². The van der Waals surface area contributed by atoms with Crippen molar-refractivity contribution in [1.82, 2.24) is 15.1 Å². The number of nitrogens with one attached hydrogen (secondary N) is 1. The molecule has 1 rings (SSSR count). The van der Waals surface area contributed by atoms with E-state index in [1.807, 2.05) is 0 Å². The third kappa shape index (κ3) is 5.73. The van der Waals surface area contributed by atoms with Crippen molar-refractivity contribution in [1.29, 1.82) is 0 Å². The maximum absolute atomic E-state index is 13.1. The molecule has 5 nitrogen and oxygen atoms in total. The lowest BCUT2D eigenvalue weighted by atomic mass is 9.88. The van der Waals surface area contributed by atoms with E-state index < -0.39 is 23.7 Å². The second-order valence-corrected chi connectivity index (χ2v) is 6.80. The number of hydrogen-bond acceptors (Lipinski definition) is 2. The van der Waals surface area contributed by atoms with E-state index in [9.17, 15) is 22.8 Å². The van der Waals surface area contributed by atoms with E-state index in [-0.39, 0.29) is 25.4 Å². The lowest BCUT2D eigenvalue weighted by molar-refractivity contribution is -0.159. The minimum atomic E-state index is -4.48. The second kappa shape index (κ2) is 6.75. The van der Waals surface area contributed by atoms with Gasteiger partial charge in [-0.05, 0) is 11.8 Å². The van der Waals surface area contributed by atoms with Gasteiger partial charge in [0, 0.05) is 33.1 Å². The number of carbonyl (C=O) groups is 2. The first-order valence-electron chi connectivity index (χ1n) is 7.28. The summed E-state index contributed by atoms with van der Waals surface area (Å²) in [5.74, 6) is -0.0963. The number of carbonyl (C=O) groups excluding carboxylic acids is 2. The summed E-state index contributed by atoms with van der Waals surface area (Å²) in [4.78, 5) is 26.1. The van der Waals surface area contributed by atoms with Gasteiger partial charge in [-0.2, -0.15) is 13.2 Å². The molecule has 1 N–H and O–H groups in total. The van der Waals surface area contributed by atoms with Crippen LogP contribution in [0.1, 0.15) is 34.1 Å². The van der Waals surface area contributed by atoms with Crippen LogP contribution < -0.4 is 5.32 Å². The molecule has 0 aromatic rings. The van der Waals surface area contributed by atoms with Crippen molar-refractivity contribution in [2.75, 3.05) is 26.2 Å². The van der Waals surface area contributed by atoms with Crippen molar-refractivity contribution in [3.05, 3.63) is 0 Å². The molecule has 1 aliphatic heterocycles. The predicted molar refractivity (Wildman–Crippen MR) is 76.3 cm³/mol. The summed E-state index contributed by atoms with van der Waals surface area (Å²) >= 11 is 0. The van der Waals surface area contributed by atoms with Gasteiger partial charge in [0.25, 0.3) is 0 Å². The summed E-state index contributed by atoms with van der Waals surface area (Å²) in [7, 11) is 0. The number of halogens is 3. The smallest absolute Gasteiger partial charge is 0.339 e. The second-order valence-electron chi connectivity index (χ2n) is 6.80. The molecule has 1 unspecified atom stereocenters. The first kappa shape index (κ1) is 18.6. The minimum Gasteiger partial charge on any atom is -0.339 e.